The second kappa shape index (κ2) is 10.8. The molecule has 2 heterocycles. The van der Waals surface area contributed by atoms with Crippen LogP contribution in [0.5, 0.6) is 0 Å². The standard InChI is InChI=1S/C15H20FN3S.C7H8FN/c1-4-6-11-7-8-18-12-9-14(20-15(11)12)13(19(3)16)10-17-5-2;1-5-2-3-6(9)4-7(5)8/h7-10,17H,4-6H2,1-3H3;2-4H,9H2,1H3/b13-10-;. The third-order valence-corrected chi connectivity index (χ3v) is 5.46. The molecule has 0 radical (unpaired) electrons. The molecule has 3 aromatic rings. The Morgan fingerprint density at radius 1 is 1.28 bits per heavy atom. The molecule has 0 aliphatic carbocycles. The lowest BCUT2D eigenvalue weighted by molar-refractivity contribution is 0.145. The van der Waals surface area contributed by atoms with Crippen LogP contribution in [0, 0.1) is 12.7 Å². The van der Waals surface area contributed by atoms with E-state index in [2.05, 4.69) is 23.3 Å². The first-order chi connectivity index (χ1) is 13.9. The van der Waals surface area contributed by atoms with Crippen molar-refractivity contribution in [3.8, 4) is 0 Å². The minimum Gasteiger partial charge on any atom is -0.399 e. The van der Waals surface area contributed by atoms with Crippen molar-refractivity contribution in [2.75, 3.05) is 19.3 Å². The van der Waals surface area contributed by atoms with Crippen LogP contribution in [0.2, 0.25) is 0 Å². The molecule has 0 bridgehead atoms. The van der Waals surface area contributed by atoms with Crippen LogP contribution in [0.15, 0.2) is 42.7 Å². The highest BCUT2D eigenvalue weighted by molar-refractivity contribution is 7.20. The summed E-state index contributed by atoms with van der Waals surface area (Å²) < 4.78 is 27.3. The molecule has 0 unspecified atom stereocenters. The highest BCUT2D eigenvalue weighted by atomic mass is 32.1. The summed E-state index contributed by atoms with van der Waals surface area (Å²) in [6.07, 6.45) is 5.66. The lowest BCUT2D eigenvalue weighted by Crippen LogP contribution is -2.10. The molecule has 0 aliphatic heterocycles. The van der Waals surface area contributed by atoms with E-state index in [1.807, 2.05) is 19.2 Å². The largest absolute Gasteiger partial charge is 0.399 e. The number of aromatic nitrogens is 1. The summed E-state index contributed by atoms with van der Waals surface area (Å²) >= 11 is 1.60. The summed E-state index contributed by atoms with van der Waals surface area (Å²) in [6.45, 7) is 6.61. The summed E-state index contributed by atoms with van der Waals surface area (Å²) in [5.74, 6) is -0.241. The minimum absolute atomic E-state index is 0.241. The summed E-state index contributed by atoms with van der Waals surface area (Å²) in [6, 6.07) is 8.66. The monoisotopic (exact) mass is 418 g/mol. The molecule has 0 saturated carbocycles. The van der Waals surface area contributed by atoms with E-state index in [0.29, 0.717) is 22.1 Å². The molecule has 156 valence electrons. The molecule has 0 spiro atoms. The van der Waals surface area contributed by atoms with Gasteiger partial charge in [-0.05, 0) is 55.7 Å². The predicted octanol–water partition coefficient (Wildman–Crippen LogP) is 5.69. The van der Waals surface area contributed by atoms with Crippen LogP contribution in [0.4, 0.5) is 14.6 Å². The lowest BCUT2D eigenvalue weighted by atomic mass is 10.1. The third-order valence-electron chi connectivity index (χ3n) is 4.24. The summed E-state index contributed by atoms with van der Waals surface area (Å²) in [5, 5.41) is 3.70. The maximum atomic E-state index is 13.7. The molecule has 29 heavy (non-hydrogen) atoms. The number of rotatable bonds is 6. The van der Waals surface area contributed by atoms with Crippen molar-refractivity contribution >= 4 is 32.9 Å². The molecule has 0 aliphatic rings. The van der Waals surface area contributed by atoms with Gasteiger partial charge in [0.15, 0.2) is 0 Å². The number of pyridine rings is 1. The smallest absolute Gasteiger partial charge is 0.128 e. The summed E-state index contributed by atoms with van der Waals surface area (Å²) in [5.41, 5.74) is 9.16. The van der Waals surface area contributed by atoms with Gasteiger partial charge >= 0.3 is 0 Å². The van der Waals surface area contributed by atoms with E-state index in [1.165, 1.54) is 18.7 Å². The first-order valence-corrected chi connectivity index (χ1v) is 10.4. The van der Waals surface area contributed by atoms with Crippen molar-refractivity contribution in [3.05, 3.63) is 64.5 Å². The average Bonchev–Trinajstić information content (AvgIpc) is 3.11. The number of hydrogen-bond acceptors (Lipinski definition) is 5. The Kier molecular flexibility index (Phi) is 8.39. The fourth-order valence-electron chi connectivity index (χ4n) is 2.70. The quantitative estimate of drug-likeness (QED) is 0.399. The Labute approximate surface area is 175 Å². The van der Waals surface area contributed by atoms with E-state index in [1.54, 1.807) is 36.6 Å². The van der Waals surface area contributed by atoms with Crippen LogP contribution in [0.3, 0.4) is 0 Å². The zero-order valence-electron chi connectivity index (χ0n) is 17.3. The fourth-order valence-corrected chi connectivity index (χ4v) is 3.90. The first kappa shape index (κ1) is 22.6. The molecule has 3 rings (SSSR count). The second-order valence-electron chi connectivity index (χ2n) is 6.62. The Balaban J connectivity index is 0.000000278. The Morgan fingerprint density at radius 2 is 2.03 bits per heavy atom. The molecule has 2 aromatic heterocycles. The van der Waals surface area contributed by atoms with Crippen molar-refractivity contribution in [1.29, 1.82) is 0 Å². The number of nitrogens with two attached hydrogens (primary N) is 1. The van der Waals surface area contributed by atoms with Crippen molar-refractivity contribution in [2.45, 2.75) is 33.6 Å². The lowest BCUT2D eigenvalue weighted by Gasteiger charge is -2.10. The first-order valence-electron chi connectivity index (χ1n) is 9.59. The molecule has 0 fully saturated rings. The van der Waals surface area contributed by atoms with Gasteiger partial charge in [-0.2, -0.15) is 0 Å². The van der Waals surface area contributed by atoms with Gasteiger partial charge in [-0.3, -0.25) is 4.98 Å². The molecule has 0 amide bonds. The number of benzene rings is 1. The number of thiophene rings is 1. The number of nitrogens with zero attached hydrogens (tertiary/aromatic N) is 2. The molecule has 0 saturated heterocycles. The third kappa shape index (κ3) is 6.15. The van der Waals surface area contributed by atoms with E-state index in [-0.39, 0.29) is 5.82 Å². The minimum atomic E-state index is -0.241. The molecular weight excluding hydrogens is 390 g/mol. The predicted molar refractivity (Wildman–Crippen MR) is 120 cm³/mol. The number of fused-ring (bicyclic) bond motifs is 1. The van der Waals surface area contributed by atoms with Gasteiger partial charge in [0.25, 0.3) is 0 Å². The highest BCUT2D eigenvalue weighted by Crippen LogP contribution is 2.33. The molecule has 4 nitrogen and oxygen atoms in total. The zero-order chi connectivity index (χ0) is 21.4. The van der Waals surface area contributed by atoms with Gasteiger partial charge in [0.2, 0.25) is 0 Å². The summed E-state index contributed by atoms with van der Waals surface area (Å²) in [7, 11) is 1.41. The van der Waals surface area contributed by atoms with Gasteiger partial charge in [-0.25, -0.2) is 9.51 Å². The van der Waals surface area contributed by atoms with Crippen LogP contribution in [0.25, 0.3) is 15.9 Å². The van der Waals surface area contributed by atoms with E-state index in [4.69, 9.17) is 5.73 Å². The number of aryl methyl sites for hydroxylation is 2. The Hall–Kier alpha value is -2.67. The average molecular weight is 419 g/mol. The van der Waals surface area contributed by atoms with Crippen molar-refractivity contribution < 1.29 is 8.87 Å². The van der Waals surface area contributed by atoms with E-state index >= 15 is 0 Å². The van der Waals surface area contributed by atoms with Crippen LogP contribution in [0.1, 0.15) is 36.3 Å². The number of hydrogen-bond donors (Lipinski definition) is 2. The van der Waals surface area contributed by atoms with Crippen LogP contribution < -0.4 is 11.1 Å². The van der Waals surface area contributed by atoms with Crippen LogP contribution >= 0.6 is 11.3 Å². The number of nitrogens with one attached hydrogen (secondary N) is 1. The van der Waals surface area contributed by atoms with Crippen LogP contribution in [-0.2, 0) is 6.42 Å². The topological polar surface area (TPSA) is 54.2 Å². The molecule has 7 heteroatoms. The van der Waals surface area contributed by atoms with E-state index in [0.717, 1.165) is 34.5 Å². The molecule has 1 aromatic carbocycles. The maximum Gasteiger partial charge on any atom is 0.128 e. The number of anilines is 1. The Morgan fingerprint density at radius 3 is 2.62 bits per heavy atom. The highest BCUT2D eigenvalue weighted by Gasteiger charge is 2.13. The Bertz CT molecular complexity index is 967. The maximum absolute atomic E-state index is 13.7. The molecule has 3 N–H and O–H groups in total. The van der Waals surface area contributed by atoms with Crippen molar-refractivity contribution in [3.63, 3.8) is 0 Å². The normalized spacial score (nSPS) is 11.2. The SMILES string of the molecule is CCCc1ccnc2cc(/C(=C/NCC)N(C)F)sc12.Cc1ccc(N)cc1F. The summed E-state index contributed by atoms with van der Waals surface area (Å²) in [4.78, 5) is 5.28. The van der Waals surface area contributed by atoms with Gasteiger partial charge in [-0.1, -0.05) is 19.4 Å². The van der Waals surface area contributed by atoms with Crippen LogP contribution in [-0.4, -0.2) is 23.7 Å². The van der Waals surface area contributed by atoms with Crippen molar-refractivity contribution in [1.82, 2.24) is 15.4 Å². The fraction of sp³-hybridized carbons (Fsp3) is 0.318. The number of nitrogen functional groups attached to an aromatic ring is 1. The van der Waals surface area contributed by atoms with Gasteiger partial charge < -0.3 is 11.1 Å². The molecule has 0 atom stereocenters. The molecular formula is C22H28F2N4S. The number of halogens is 2. The van der Waals surface area contributed by atoms with Gasteiger partial charge in [0, 0.05) is 31.7 Å². The zero-order valence-corrected chi connectivity index (χ0v) is 18.1. The van der Waals surface area contributed by atoms with Crippen molar-refractivity contribution in [2.24, 2.45) is 0 Å². The van der Waals surface area contributed by atoms with Gasteiger partial charge in [0.1, 0.15) is 11.5 Å². The van der Waals surface area contributed by atoms with Gasteiger partial charge in [-0.15, -0.1) is 15.8 Å². The van der Waals surface area contributed by atoms with Gasteiger partial charge in [0.05, 0.1) is 15.1 Å². The van der Waals surface area contributed by atoms with E-state index < -0.39 is 0 Å². The van der Waals surface area contributed by atoms with E-state index in [9.17, 15) is 8.87 Å². The second-order valence-corrected chi connectivity index (χ2v) is 7.67.